The van der Waals surface area contributed by atoms with Crippen LogP contribution in [0, 0.1) is 0 Å². The van der Waals surface area contributed by atoms with Crippen LogP contribution in [-0.4, -0.2) is 18.8 Å². The average molecular weight is 259 g/mol. The summed E-state index contributed by atoms with van der Waals surface area (Å²) in [6.07, 6.45) is -3.31. The van der Waals surface area contributed by atoms with E-state index in [1.165, 1.54) is 25.1 Å². The van der Waals surface area contributed by atoms with Gasteiger partial charge in [-0.05, 0) is 36.6 Å². The zero-order valence-corrected chi connectivity index (χ0v) is 9.75. The van der Waals surface area contributed by atoms with E-state index >= 15 is 0 Å². The first kappa shape index (κ1) is 12.7. The predicted molar refractivity (Wildman–Crippen MR) is 59.5 cm³/mol. The van der Waals surface area contributed by atoms with Crippen molar-refractivity contribution >= 4 is 11.6 Å². The first-order valence-electron chi connectivity index (χ1n) is 5.53. The van der Waals surface area contributed by atoms with Gasteiger partial charge in [0.25, 0.3) is 0 Å². The number of nitrogens with zero attached hydrogens (tertiary/aromatic N) is 1. The summed E-state index contributed by atoms with van der Waals surface area (Å²) in [6, 6.07) is 4.07. The molecule has 0 aliphatic carbocycles. The van der Waals surface area contributed by atoms with Gasteiger partial charge in [0, 0.05) is 19.2 Å². The maximum absolute atomic E-state index is 12.1. The van der Waals surface area contributed by atoms with Gasteiger partial charge in [-0.15, -0.1) is 13.2 Å². The summed E-state index contributed by atoms with van der Waals surface area (Å²) < 4.78 is 40.1. The molecule has 1 aliphatic heterocycles. The lowest BCUT2D eigenvalue weighted by Crippen LogP contribution is -2.33. The van der Waals surface area contributed by atoms with Crippen LogP contribution < -0.4 is 9.64 Å². The average Bonchev–Trinajstić information content (AvgIpc) is 2.25. The molecule has 0 fully saturated rings. The van der Waals surface area contributed by atoms with E-state index in [1.54, 1.807) is 4.90 Å². The summed E-state index contributed by atoms with van der Waals surface area (Å²) in [5.41, 5.74) is 1.38. The third-order valence-corrected chi connectivity index (χ3v) is 2.78. The van der Waals surface area contributed by atoms with E-state index in [1.807, 2.05) is 0 Å². The number of fused-ring (bicyclic) bond motifs is 1. The number of benzene rings is 1. The number of ether oxygens (including phenoxy) is 1. The van der Waals surface area contributed by atoms with Crippen LogP contribution in [0.3, 0.4) is 0 Å². The Morgan fingerprint density at radius 3 is 2.72 bits per heavy atom. The Labute approximate surface area is 102 Å². The molecule has 18 heavy (non-hydrogen) atoms. The molecule has 1 aromatic carbocycles. The lowest BCUT2D eigenvalue weighted by Gasteiger charge is -2.28. The van der Waals surface area contributed by atoms with Crippen molar-refractivity contribution in [3.05, 3.63) is 23.8 Å². The van der Waals surface area contributed by atoms with Crippen LogP contribution >= 0.6 is 0 Å². The zero-order chi connectivity index (χ0) is 13.3. The number of alkyl halides is 3. The second-order valence-electron chi connectivity index (χ2n) is 4.11. The van der Waals surface area contributed by atoms with Crippen molar-refractivity contribution in [1.82, 2.24) is 0 Å². The van der Waals surface area contributed by atoms with E-state index in [9.17, 15) is 18.0 Å². The molecule has 1 heterocycles. The van der Waals surface area contributed by atoms with Crippen molar-refractivity contribution < 1.29 is 22.7 Å². The molecule has 0 radical (unpaired) electrons. The van der Waals surface area contributed by atoms with Crippen molar-refractivity contribution in [3.8, 4) is 5.75 Å². The van der Waals surface area contributed by atoms with Gasteiger partial charge >= 0.3 is 6.36 Å². The van der Waals surface area contributed by atoms with Crippen LogP contribution in [-0.2, 0) is 11.2 Å². The van der Waals surface area contributed by atoms with Crippen LogP contribution in [0.4, 0.5) is 18.9 Å². The number of halogens is 3. The quantitative estimate of drug-likeness (QED) is 0.776. The Morgan fingerprint density at radius 1 is 1.39 bits per heavy atom. The highest BCUT2D eigenvalue weighted by Gasteiger charge is 2.31. The van der Waals surface area contributed by atoms with Crippen molar-refractivity contribution in [2.24, 2.45) is 0 Å². The summed E-state index contributed by atoms with van der Waals surface area (Å²) in [7, 11) is 0. The zero-order valence-electron chi connectivity index (χ0n) is 9.75. The number of carbonyl (C=O) groups excluding carboxylic acids is 1. The van der Waals surface area contributed by atoms with Gasteiger partial charge in [-0.1, -0.05) is 0 Å². The molecule has 1 aromatic rings. The highest BCUT2D eigenvalue weighted by Crippen LogP contribution is 2.32. The Hall–Kier alpha value is -1.72. The highest BCUT2D eigenvalue weighted by molar-refractivity contribution is 5.92. The van der Waals surface area contributed by atoms with Gasteiger partial charge in [0.1, 0.15) is 5.75 Å². The Morgan fingerprint density at radius 2 is 2.11 bits per heavy atom. The van der Waals surface area contributed by atoms with Crippen molar-refractivity contribution in [1.29, 1.82) is 0 Å². The summed E-state index contributed by atoms with van der Waals surface area (Å²) in [5.74, 6) is -0.355. The highest BCUT2D eigenvalue weighted by atomic mass is 19.4. The van der Waals surface area contributed by atoms with Crippen molar-refractivity contribution in [2.45, 2.75) is 26.1 Å². The van der Waals surface area contributed by atoms with E-state index in [2.05, 4.69) is 4.74 Å². The molecule has 1 aliphatic rings. The van der Waals surface area contributed by atoms with Gasteiger partial charge < -0.3 is 9.64 Å². The molecular formula is C12H12F3NO2. The van der Waals surface area contributed by atoms with Gasteiger partial charge in [-0.25, -0.2) is 0 Å². The normalized spacial score (nSPS) is 15.2. The number of hydrogen-bond acceptors (Lipinski definition) is 2. The summed E-state index contributed by atoms with van der Waals surface area (Å²) >= 11 is 0. The van der Waals surface area contributed by atoms with E-state index in [0.717, 1.165) is 6.42 Å². The van der Waals surface area contributed by atoms with Crippen LogP contribution in [0.5, 0.6) is 5.75 Å². The van der Waals surface area contributed by atoms with Crippen molar-refractivity contribution in [3.63, 3.8) is 0 Å². The predicted octanol–water partition coefficient (Wildman–Crippen LogP) is 2.88. The number of rotatable bonds is 1. The maximum Gasteiger partial charge on any atom is 0.573 e. The molecule has 0 bridgehead atoms. The monoisotopic (exact) mass is 259 g/mol. The van der Waals surface area contributed by atoms with Gasteiger partial charge in [-0.3, -0.25) is 4.79 Å². The first-order chi connectivity index (χ1) is 8.37. The molecule has 0 aromatic heterocycles. The van der Waals surface area contributed by atoms with Gasteiger partial charge in [0.2, 0.25) is 5.91 Å². The molecule has 0 spiro atoms. The molecule has 0 saturated carbocycles. The fourth-order valence-corrected chi connectivity index (χ4v) is 2.10. The van der Waals surface area contributed by atoms with E-state index in [-0.39, 0.29) is 11.7 Å². The van der Waals surface area contributed by atoms with Crippen LogP contribution in [0.1, 0.15) is 18.9 Å². The minimum atomic E-state index is -4.69. The van der Waals surface area contributed by atoms with Gasteiger partial charge in [0.05, 0.1) is 0 Å². The maximum atomic E-state index is 12.1. The third-order valence-electron chi connectivity index (χ3n) is 2.78. The molecule has 98 valence electrons. The molecule has 3 nitrogen and oxygen atoms in total. The van der Waals surface area contributed by atoms with E-state index < -0.39 is 6.36 Å². The first-order valence-corrected chi connectivity index (χ1v) is 5.53. The lowest BCUT2D eigenvalue weighted by atomic mass is 10.0. The standard InChI is InChI=1S/C12H12F3NO2/c1-8(17)16-6-2-3-9-7-10(4-5-11(9)16)18-12(13,14)15/h4-5,7H,2-3,6H2,1H3. The lowest BCUT2D eigenvalue weighted by molar-refractivity contribution is -0.274. The molecule has 0 unspecified atom stereocenters. The summed E-state index contributed by atoms with van der Waals surface area (Å²) in [5, 5.41) is 0. The second kappa shape index (κ2) is 4.51. The Bertz CT molecular complexity index is 471. The molecule has 6 heteroatoms. The van der Waals surface area contributed by atoms with Crippen LogP contribution in [0.2, 0.25) is 0 Å². The largest absolute Gasteiger partial charge is 0.573 e. The number of aryl methyl sites for hydroxylation is 1. The topological polar surface area (TPSA) is 29.5 Å². The van der Waals surface area contributed by atoms with Crippen molar-refractivity contribution in [2.75, 3.05) is 11.4 Å². The fourth-order valence-electron chi connectivity index (χ4n) is 2.10. The number of amides is 1. The van der Waals surface area contributed by atoms with Gasteiger partial charge in [-0.2, -0.15) is 0 Å². The van der Waals surface area contributed by atoms with E-state index in [0.29, 0.717) is 24.2 Å². The molecule has 0 atom stereocenters. The minimum absolute atomic E-state index is 0.111. The molecule has 2 rings (SSSR count). The summed E-state index contributed by atoms with van der Waals surface area (Å²) in [6.45, 7) is 2.04. The van der Waals surface area contributed by atoms with E-state index in [4.69, 9.17) is 0 Å². The van der Waals surface area contributed by atoms with Crippen LogP contribution in [0.25, 0.3) is 0 Å². The SMILES string of the molecule is CC(=O)N1CCCc2cc(OC(F)(F)F)ccc21. The minimum Gasteiger partial charge on any atom is -0.406 e. The van der Waals surface area contributed by atoms with Gasteiger partial charge in [0.15, 0.2) is 0 Å². The molecule has 1 amide bonds. The third kappa shape index (κ3) is 2.75. The molecule has 0 N–H and O–H groups in total. The number of hydrogen-bond donors (Lipinski definition) is 0. The Balaban J connectivity index is 2.30. The Kier molecular flexibility index (Phi) is 3.19. The second-order valence-corrected chi connectivity index (χ2v) is 4.11. The number of carbonyl (C=O) groups is 1. The fraction of sp³-hybridized carbons (Fsp3) is 0.417. The molecule has 0 saturated heterocycles. The summed E-state index contributed by atoms with van der Waals surface area (Å²) in [4.78, 5) is 13.0. The van der Waals surface area contributed by atoms with Crippen LogP contribution in [0.15, 0.2) is 18.2 Å². The smallest absolute Gasteiger partial charge is 0.406 e. The molecular weight excluding hydrogens is 247 g/mol. The number of anilines is 1.